The Morgan fingerprint density at radius 3 is 2.88 bits per heavy atom. The molecular formula is C12H17N3O2. The maximum atomic E-state index is 10.9. The molecule has 2 unspecified atom stereocenters. The van der Waals surface area contributed by atoms with E-state index in [2.05, 4.69) is 10.3 Å². The number of carbonyl (C=O) groups excluding carboxylic acids is 1. The average Bonchev–Trinajstić information content (AvgIpc) is 2.77. The summed E-state index contributed by atoms with van der Waals surface area (Å²) in [5.74, 6) is 0.320. The van der Waals surface area contributed by atoms with Crippen molar-refractivity contribution in [3.8, 4) is 0 Å². The lowest BCUT2D eigenvalue weighted by molar-refractivity contribution is 0.1000. The second-order valence-corrected chi connectivity index (χ2v) is 4.31. The van der Waals surface area contributed by atoms with Crippen LogP contribution >= 0.6 is 0 Å². The Hall–Kier alpha value is -1.62. The standard InChI is InChI=1S/C12H17N3O2/c1-17-10-4-3-9(6-10)15-11-5-2-8(7-14-11)12(13)16/h2,5,7,9-10H,3-4,6H2,1H3,(H2,13,16)(H,14,15). The molecule has 0 bridgehead atoms. The molecule has 5 heteroatoms. The molecule has 1 aromatic heterocycles. The van der Waals surface area contributed by atoms with Crippen LogP contribution in [-0.4, -0.2) is 30.1 Å². The average molecular weight is 235 g/mol. The van der Waals surface area contributed by atoms with E-state index >= 15 is 0 Å². The van der Waals surface area contributed by atoms with E-state index in [0.717, 1.165) is 25.1 Å². The molecule has 0 aliphatic heterocycles. The summed E-state index contributed by atoms with van der Waals surface area (Å²) in [6.07, 6.45) is 4.99. The van der Waals surface area contributed by atoms with Crippen molar-refractivity contribution in [2.75, 3.05) is 12.4 Å². The third kappa shape index (κ3) is 2.94. The number of hydrogen-bond acceptors (Lipinski definition) is 4. The van der Waals surface area contributed by atoms with Crippen LogP contribution in [0.5, 0.6) is 0 Å². The van der Waals surface area contributed by atoms with Crippen molar-refractivity contribution < 1.29 is 9.53 Å². The minimum absolute atomic E-state index is 0.345. The van der Waals surface area contributed by atoms with Crippen LogP contribution in [0.4, 0.5) is 5.82 Å². The summed E-state index contributed by atoms with van der Waals surface area (Å²) in [6, 6.07) is 3.85. The van der Waals surface area contributed by atoms with E-state index in [0.29, 0.717) is 17.7 Å². The van der Waals surface area contributed by atoms with Gasteiger partial charge in [-0.15, -0.1) is 0 Å². The van der Waals surface area contributed by atoms with Gasteiger partial charge < -0.3 is 15.8 Å². The van der Waals surface area contributed by atoms with Gasteiger partial charge >= 0.3 is 0 Å². The summed E-state index contributed by atoms with van der Waals surface area (Å²) in [6.45, 7) is 0. The van der Waals surface area contributed by atoms with Crippen LogP contribution in [0.25, 0.3) is 0 Å². The molecule has 1 aliphatic carbocycles. The summed E-state index contributed by atoms with van der Waals surface area (Å²) >= 11 is 0. The van der Waals surface area contributed by atoms with E-state index in [9.17, 15) is 4.79 Å². The molecule has 1 heterocycles. The van der Waals surface area contributed by atoms with Crippen molar-refractivity contribution in [1.82, 2.24) is 4.98 Å². The normalized spacial score (nSPS) is 23.6. The molecular weight excluding hydrogens is 218 g/mol. The van der Waals surface area contributed by atoms with E-state index in [-0.39, 0.29) is 0 Å². The van der Waals surface area contributed by atoms with E-state index in [1.165, 1.54) is 6.20 Å². The first kappa shape index (κ1) is 11.9. The fraction of sp³-hybridized carbons (Fsp3) is 0.500. The number of aromatic nitrogens is 1. The molecule has 1 fully saturated rings. The minimum atomic E-state index is -0.454. The second-order valence-electron chi connectivity index (χ2n) is 4.31. The monoisotopic (exact) mass is 235 g/mol. The molecule has 0 radical (unpaired) electrons. The number of ether oxygens (including phenoxy) is 1. The van der Waals surface area contributed by atoms with Crippen molar-refractivity contribution >= 4 is 11.7 Å². The number of methoxy groups -OCH3 is 1. The number of nitrogens with two attached hydrogens (primary N) is 1. The third-order valence-electron chi connectivity index (χ3n) is 3.12. The highest BCUT2D eigenvalue weighted by atomic mass is 16.5. The van der Waals surface area contributed by atoms with Gasteiger partial charge in [0.1, 0.15) is 5.82 Å². The Labute approximate surface area is 100 Å². The minimum Gasteiger partial charge on any atom is -0.381 e. The zero-order valence-corrected chi connectivity index (χ0v) is 9.85. The lowest BCUT2D eigenvalue weighted by atomic mass is 10.2. The van der Waals surface area contributed by atoms with E-state index in [1.54, 1.807) is 19.2 Å². The summed E-state index contributed by atoms with van der Waals surface area (Å²) in [5, 5.41) is 3.33. The molecule has 1 aliphatic rings. The van der Waals surface area contributed by atoms with Crippen molar-refractivity contribution in [1.29, 1.82) is 0 Å². The van der Waals surface area contributed by atoms with Gasteiger partial charge in [-0.1, -0.05) is 0 Å². The molecule has 1 saturated carbocycles. The van der Waals surface area contributed by atoms with Crippen LogP contribution in [0.1, 0.15) is 29.6 Å². The van der Waals surface area contributed by atoms with Crippen LogP contribution < -0.4 is 11.1 Å². The van der Waals surface area contributed by atoms with Crippen molar-refractivity contribution in [2.45, 2.75) is 31.4 Å². The van der Waals surface area contributed by atoms with Crippen molar-refractivity contribution in [3.63, 3.8) is 0 Å². The van der Waals surface area contributed by atoms with Crippen molar-refractivity contribution in [3.05, 3.63) is 23.9 Å². The first-order valence-corrected chi connectivity index (χ1v) is 5.74. The molecule has 2 atom stereocenters. The molecule has 1 amide bonds. The fourth-order valence-electron chi connectivity index (χ4n) is 2.12. The highest BCUT2D eigenvalue weighted by Crippen LogP contribution is 2.24. The summed E-state index contributed by atoms with van der Waals surface area (Å²) in [4.78, 5) is 15.0. The first-order chi connectivity index (χ1) is 8.19. The number of carbonyl (C=O) groups is 1. The molecule has 1 aromatic rings. The number of pyridine rings is 1. The Kier molecular flexibility index (Phi) is 3.58. The SMILES string of the molecule is COC1CCC(Nc2ccc(C(N)=O)cn2)C1. The first-order valence-electron chi connectivity index (χ1n) is 5.74. The number of nitrogens with zero attached hydrogens (tertiary/aromatic N) is 1. The molecule has 17 heavy (non-hydrogen) atoms. The van der Waals surface area contributed by atoms with Gasteiger partial charge in [-0.05, 0) is 31.4 Å². The van der Waals surface area contributed by atoms with Gasteiger partial charge in [-0.2, -0.15) is 0 Å². The highest BCUT2D eigenvalue weighted by molar-refractivity contribution is 5.92. The molecule has 3 N–H and O–H groups in total. The Morgan fingerprint density at radius 1 is 1.53 bits per heavy atom. The molecule has 5 nitrogen and oxygen atoms in total. The zero-order chi connectivity index (χ0) is 12.3. The van der Waals surface area contributed by atoms with Gasteiger partial charge in [-0.3, -0.25) is 4.79 Å². The van der Waals surface area contributed by atoms with Crippen LogP contribution in [0.2, 0.25) is 0 Å². The molecule has 0 spiro atoms. The number of nitrogens with one attached hydrogen (secondary N) is 1. The van der Waals surface area contributed by atoms with Crippen LogP contribution in [0.15, 0.2) is 18.3 Å². The van der Waals surface area contributed by atoms with Crippen LogP contribution in [0, 0.1) is 0 Å². The van der Waals surface area contributed by atoms with Gasteiger partial charge in [0.15, 0.2) is 0 Å². The topological polar surface area (TPSA) is 77.2 Å². The predicted molar refractivity (Wildman–Crippen MR) is 64.8 cm³/mol. The third-order valence-corrected chi connectivity index (χ3v) is 3.12. The van der Waals surface area contributed by atoms with E-state index < -0.39 is 5.91 Å². The van der Waals surface area contributed by atoms with E-state index in [1.807, 2.05) is 0 Å². The van der Waals surface area contributed by atoms with Gasteiger partial charge in [0.25, 0.3) is 0 Å². The Balaban J connectivity index is 1.93. The Bertz CT molecular complexity index is 391. The van der Waals surface area contributed by atoms with Gasteiger partial charge in [0, 0.05) is 19.3 Å². The van der Waals surface area contributed by atoms with Crippen LogP contribution in [-0.2, 0) is 4.74 Å². The molecule has 0 saturated heterocycles. The fourth-order valence-corrected chi connectivity index (χ4v) is 2.12. The largest absolute Gasteiger partial charge is 0.381 e. The predicted octanol–water partition coefficient (Wildman–Crippen LogP) is 1.16. The lowest BCUT2D eigenvalue weighted by Gasteiger charge is -2.13. The van der Waals surface area contributed by atoms with E-state index in [4.69, 9.17) is 10.5 Å². The summed E-state index contributed by atoms with van der Waals surface area (Å²) in [7, 11) is 1.74. The number of rotatable bonds is 4. The van der Waals surface area contributed by atoms with Gasteiger partial charge in [0.05, 0.1) is 11.7 Å². The maximum Gasteiger partial charge on any atom is 0.250 e. The molecule has 2 rings (SSSR count). The van der Waals surface area contributed by atoms with Gasteiger partial charge in [0.2, 0.25) is 5.91 Å². The van der Waals surface area contributed by atoms with Crippen molar-refractivity contribution in [2.24, 2.45) is 5.73 Å². The second kappa shape index (κ2) is 5.14. The Morgan fingerprint density at radius 2 is 2.35 bits per heavy atom. The highest BCUT2D eigenvalue weighted by Gasteiger charge is 2.24. The lowest BCUT2D eigenvalue weighted by Crippen LogP contribution is -2.18. The summed E-state index contributed by atoms with van der Waals surface area (Å²) in [5.41, 5.74) is 5.58. The molecule has 0 aromatic carbocycles. The zero-order valence-electron chi connectivity index (χ0n) is 9.85. The van der Waals surface area contributed by atoms with Gasteiger partial charge in [-0.25, -0.2) is 4.98 Å². The summed E-state index contributed by atoms with van der Waals surface area (Å²) < 4.78 is 5.31. The number of anilines is 1. The number of amides is 1. The smallest absolute Gasteiger partial charge is 0.250 e. The quantitative estimate of drug-likeness (QED) is 0.821. The number of primary amides is 1. The maximum absolute atomic E-state index is 10.9. The van der Waals surface area contributed by atoms with Crippen LogP contribution in [0.3, 0.4) is 0 Å². The molecule has 92 valence electrons. The number of hydrogen-bond donors (Lipinski definition) is 2.